The van der Waals surface area contributed by atoms with Crippen molar-refractivity contribution in [1.82, 2.24) is 40.8 Å². The summed E-state index contributed by atoms with van der Waals surface area (Å²) in [7, 11) is 1.48. The molecule has 0 aliphatic carbocycles. The van der Waals surface area contributed by atoms with Gasteiger partial charge in [0.2, 0.25) is 0 Å². The zero-order valence-corrected chi connectivity index (χ0v) is 21.3. The van der Waals surface area contributed by atoms with Crippen molar-refractivity contribution >= 4 is 28.9 Å². The predicted octanol–water partition coefficient (Wildman–Crippen LogP) is 2.31. The molecule has 14 nitrogen and oxygen atoms in total. The minimum absolute atomic E-state index is 0.142. The van der Waals surface area contributed by atoms with Gasteiger partial charge in [0.1, 0.15) is 0 Å². The van der Waals surface area contributed by atoms with Crippen molar-refractivity contribution in [2.45, 2.75) is 13.5 Å². The van der Waals surface area contributed by atoms with Crippen LogP contribution in [-0.2, 0) is 11.3 Å². The molecule has 39 heavy (non-hydrogen) atoms. The number of hydrogen-bond acceptors (Lipinski definition) is 13. The highest BCUT2D eigenvalue weighted by molar-refractivity contribution is 5.99. The van der Waals surface area contributed by atoms with E-state index in [0.717, 1.165) is 18.8 Å². The lowest BCUT2D eigenvalue weighted by molar-refractivity contribution is 0.0327. The molecule has 4 aromatic rings. The Hall–Kier alpha value is -4.69. The summed E-state index contributed by atoms with van der Waals surface area (Å²) in [6, 6.07) is 10.2. The molecule has 0 bridgehead atoms. The van der Waals surface area contributed by atoms with E-state index in [4.69, 9.17) is 18.1 Å². The van der Waals surface area contributed by atoms with Crippen LogP contribution in [0.1, 0.15) is 26.1 Å². The number of carbonyl (C=O) groups excluding carboxylic acids is 1. The molecule has 0 spiro atoms. The third kappa shape index (κ3) is 6.08. The molecule has 0 unspecified atom stereocenters. The van der Waals surface area contributed by atoms with Crippen LogP contribution in [0, 0.1) is 6.92 Å². The number of nitrogens with one attached hydrogen (secondary N) is 3. The van der Waals surface area contributed by atoms with Crippen molar-refractivity contribution in [2.24, 2.45) is 0 Å². The maximum atomic E-state index is 12.9. The number of rotatable bonds is 9. The number of anilines is 4. The Morgan fingerprint density at radius 3 is 2.69 bits per heavy atom. The molecule has 5 rings (SSSR count). The Labute approximate surface area is 228 Å². The SMILES string of the molecule is [2H]C([2H])([2H])NC(=O)c1nnc(Nc2ccc(C)nn2)cc1Nc1cccc(-c2nc(CN3CCOCC3)no2)c1OC. The van der Waals surface area contributed by atoms with Gasteiger partial charge in [0.25, 0.3) is 11.8 Å². The molecule has 1 aliphatic rings. The van der Waals surface area contributed by atoms with Gasteiger partial charge in [-0.05, 0) is 31.2 Å². The van der Waals surface area contributed by atoms with Crippen LogP contribution in [0.15, 0.2) is 40.9 Å². The standard InChI is InChI=1S/C25H28N10O4/c1-15-7-8-19(31-30-15)28-20-13-18(22(33-32-20)24(36)26-2)27-17-6-4-5-16(23(17)37-3)25-29-21(34-39-25)14-35-9-11-38-12-10-35/h4-8,13H,9-12,14H2,1-3H3,(H,26,36)(H2,27,28,31,32)/i2D3. The van der Waals surface area contributed by atoms with E-state index >= 15 is 0 Å². The monoisotopic (exact) mass is 535 g/mol. The van der Waals surface area contributed by atoms with Crippen molar-refractivity contribution < 1.29 is 22.9 Å². The maximum absolute atomic E-state index is 12.9. The highest BCUT2D eigenvalue weighted by Crippen LogP contribution is 2.38. The van der Waals surface area contributed by atoms with Crippen LogP contribution < -0.4 is 20.7 Å². The van der Waals surface area contributed by atoms with Gasteiger partial charge in [0.15, 0.2) is 28.9 Å². The first-order valence-corrected chi connectivity index (χ1v) is 12.0. The van der Waals surface area contributed by atoms with Crippen molar-refractivity contribution in [3.63, 3.8) is 0 Å². The molecule has 3 N–H and O–H groups in total. The highest BCUT2D eigenvalue weighted by atomic mass is 16.5. The van der Waals surface area contributed by atoms with E-state index in [1.165, 1.54) is 13.2 Å². The summed E-state index contributed by atoms with van der Waals surface area (Å²) in [5.74, 6) is 0.769. The second-order valence-electron chi connectivity index (χ2n) is 8.55. The zero-order chi connectivity index (χ0) is 29.7. The number of ether oxygens (including phenoxy) is 2. The summed E-state index contributed by atoms with van der Waals surface area (Å²) >= 11 is 0. The average molecular weight is 536 g/mol. The molecule has 0 saturated carbocycles. The van der Waals surface area contributed by atoms with Gasteiger partial charge in [0.05, 0.1) is 49.5 Å². The number of para-hydroxylation sites is 1. The molecule has 14 heteroatoms. The van der Waals surface area contributed by atoms with Crippen molar-refractivity contribution in [1.29, 1.82) is 0 Å². The van der Waals surface area contributed by atoms with E-state index < -0.39 is 12.9 Å². The minimum Gasteiger partial charge on any atom is -0.494 e. The van der Waals surface area contributed by atoms with Crippen LogP contribution in [0.3, 0.4) is 0 Å². The van der Waals surface area contributed by atoms with Gasteiger partial charge in [-0.1, -0.05) is 11.2 Å². The first kappa shape index (κ1) is 22.3. The minimum atomic E-state index is -2.74. The lowest BCUT2D eigenvalue weighted by Crippen LogP contribution is -2.35. The second-order valence-corrected chi connectivity index (χ2v) is 8.55. The summed E-state index contributed by atoms with van der Waals surface area (Å²) in [6.07, 6.45) is 0. The fraction of sp³-hybridized carbons (Fsp3) is 0.320. The number of aryl methyl sites for hydroxylation is 1. The van der Waals surface area contributed by atoms with E-state index in [0.29, 0.717) is 48.4 Å². The van der Waals surface area contributed by atoms with E-state index in [2.05, 4.69) is 46.1 Å². The third-order valence-corrected chi connectivity index (χ3v) is 5.83. The van der Waals surface area contributed by atoms with Crippen LogP contribution in [0.25, 0.3) is 11.5 Å². The number of amides is 1. The lowest BCUT2D eigenvalue weighted by atomic mass is 10.1. The quantitative estimate of drug-likeness (QED) is 0.286. The Bertz CT molecular complexity index is 1540. The molecule has 1 amide bonds. The van der Waals surface area contributed by atoms with E-state index in [-0.39, 0.29) is 23.1 Å². The molecular formula is C25H28N10O4. The van der Waals surface area contributed by atoms with E-state index in [1.807, 2.05) is 5.32 Å². The van der Waals surface area contributed by atoms with Crippen molar-refractivity contribution in [3.05, 3.63) is 53.6 Å². The van der Waals surface area contributed by atoms with Crippen molar-refractivity contribution in [2.75, 3.05) is 51.0 Å². The van der Waals surface area contributed by atoms with Gasteiger partial charge >= 0.3 is 0 Å². The summed E-state index contributed by atoms with van der Waals surface area (Å²) in [4.78, 5) is 19.6. The number of carbonyl (C=O) groups is 1. The summed E-state index contributed by atoms with van der Waals surface area (Å²) in [5.41, 5.74) is 1.53. The van der Waals surface area contributed by atoms with Gasteiger partial charge in [-0.25, -0.2) is 0 Å². The van der Waals surface area contributed by atoms with Crippen LogP contribution in [0.4, 0.5) is 23.0 Å². The van der Waals surface area contributed by atoms with Crippen LogP contribution in [0.5, 0.6) is 5.75 Å². The number of nitrogens with zero attached hydrogens (tertiary/aromatic N) is 7. The van der Waals surface area contributed by atoms with Gasteiger partial charge in [-0.15, -0.1) is 15.3 Å². The molecule has 0 atom stereocenters. The predicted molar refractivity (Wildman–Crippen MR) is 141 cm³/mol. The van der Waals surface area contributed by atoms with Gasteiger partial charge < -0.3 is 29.9 Å². The molecule has 1 saturated heterocycles. The lowest BCUT2D eigenvalue weighted by Gasteiger charge is -2.24. The molecule has 4 heterocycles. The molecule has 1 aromatic carbocycles. The van der Waals surface area contributed by atoms with Crippen LogP contribution in [-0.4, -0.2) is 81.7 Å². The summed E-state index contributed by atoms with van der Waals surface area (Å²) < 4.78 is 39.0. The third-order valence-electron chi connectivity index (χ3n) is 5.83. The Balaban J connectivity index is 1.46. The zero-order valence-electron chi connectivity index (χ0n) is 24.3. The first-order chi connectivity index (χ1) is 20.2. The fourth-order valence-electron chi connectivity index (χ4n) is 3.93. The van der Waals surface area contributed by atoms with E-state index in [9.17, 15) is 4.79 Å². The Morgan fingerprint density at radius 1 is 1.08 bits per heavy atom. The molecule has 1 aliphatic heterocycles. The second kappa shape index (κ2) is 11.8. The summed E-state index contributed by atoms with van der Waals surface area (Å²) in [5, 5.41) is 28.2. The number of morpholine rings is 1. The van der Waals surface area contributed by atoms with Gasteiger partial charge in [0, 0.05) is 30.2 Å². The van der Waals surface area contributed by atoms with E-state index in [1.54, 1.807) is 37.3 Å². The summed E-state index contributed by atoms with van der Waals surface area (Å²) in [6.45, 7) is 2.43. The number of aromatic nitrogens is 6. The molecule has 202 valence electrons. The average Bonchev–Trinajstić information content (AvgIpc) is 3.42. The normalized spacial score (nSPS) is 15.1. The molecule has 1 fully saturated rings. The smallest absolute Gasteiger partial charge is 0.273 e. The largest absolute Gasteiger partial charge is 0.494 e. The Morgan fingerprint density at radius 2 is 1.92 bits per heavy atom. The number of hydrogen-bond donors (Lipinski definition) is 3. The number of benzene rings is 1. The maximum Gasteiger partial charge on any atom is 0.273 e. The highest BCUT2D eigenvalue weighted by Gasteiger charge is 2.21. The van der Waals surface area contributed by atoms with Crippen LogP contribution >= 0.6 is 0 Å². The topological polar surface area (TPSA) is 165 Å². The molecular weight excluding hydrogens is 504 g/mol. The van der Waals surface area contributed by atoms with Gasteiger partial charge in [-0.3, -0.25) is 9.69 Å². The molecule has 3 aromatic heterocycles. The fourth-order valence-corrected chi connectivity index (χ4v) is 3.93. The first-order valence-electron chi connectivity index (χ1n) is 13.5. The van der Waals surface area contributed by atoms with Crippen LogP contribution in [0.2, 0.25) is 0 Å². The Kier molecular flexibility index (Phi) is 6.74. The van der Waals surface area contributed by atoms with Crippen molar-refractivity contribution in [3.8, 4) is 17.2 Å². The molecule has 0 radical (unpaired) electrons. The number of methoxy groups -OCH3 is 1. The van der Waals surface area contributed by atoms with Gasteiger partial charge in [-0.2, -0.15) is 10.1 Å².